The third kappa shape index (κ3) is 4.77. The monoisotopic (exact) mass is 393 g/mol. The highest BCUT2D eigenvalue weighted by molar-refractivity contribution is 7.10. The summed E-state index contributed by atoms with van der Waals surface area (Å²) in [4.78, 5) is 13.4. The molecule has 3 rings (SSSR count). The summed E-state index contributed by atoms with van der Waals surface area (Å²) in [7, 11) is 0. The topological polar surface area (TPSA) is 46.9 Å². The molecule has 0 spiro atoms. The first-order chi connectivity index (χ1) is 12.9. The molecule has 1 aromatic carbocycles. The van der Waals surface area contributed by atoms with Gasteiger partial charge in [0.15, 0.2) is 5.69 Å². The smallest absolute Gasteiger partial charge is 0.343 e. The third-order valence-electron chi connectivity index (χ3n) is 4.09. The van der Waals surface area contributed by atoms with E-state index in [1.54, 1.807) is 0 Å². The highest BCUT2D eigenvalue weighted by Gasteiger charge is 2.33. The van der Waals surface area contributed by atoms with Crippen LogP contribution in [0.2, 0.25) is 0 Å². The van der Waals surface area contributed by atoms with Crippen LogP contribution in [0.15, 0.2) is 54.0 Å². The number of thiophene rings is 1. The molecule has 8 heteroatoms. The molecule has 0 aliphatic heterocycles. The number of rotatable bonds is 6. The Bertz CT molecular complexity index is 886. The average molecular weight is 393 g/mol. The van der Waals surface area contributed by atoms with Crippen LogP contribution in [0.4, 0.5) is 13.2 Å². The number of carbonyl (C=O) groups is 1. The van der Waals surface area contributed by atoms with Crippen LogP contribution in [0.3, 0.4) is 0 Å². The van der Waals surface area contributed by atoms with Crippen LogP contribution in [0.1, 0.15) is 34.7 Å². The van der Waals surface area contributed by atoms with Crippen molar-refractivity contribution in [1.29, 1.82) is 0 Å². The number of hydrogen-bond acceptors (Lipinski definition) is 3. The Hall–Kier alpha value is -2.61. The number of amides is 1. The van der Waals surface area contributed by atoms with E-state index in [1.165, 1.54) is 16.9 Å². The molecule has 1 unspecified atom stereocenters. The van der Waals surface area contributed by atoms with Gasteiger partial charge < -0.3 is 5.32 Å². The number of aromatic nitrogens is 2. The van der Waals surface area contributed by atoms with E-state index >= 15 is 0 Å². The Morgan fingerprint density at radius 3 is 2.52 bits per heavy atom. The lowest BCUT2D eigenvalue weighted by Crippen LogP contribution is -2.32. The molecule has 1 amide bonds. The van der Waals surface area contributed by atoms with Crippen LogP contribution in [0.25, 0.3) is 0 Å². The molecule has 1 atom stereocenters. The van der Waals surface area contributed by atoms with Gasteiger partial charge in [0.1, 0.15) is 6.54 Å². The maximum absolute atomic E-state index is 12.6. The van der Waals surface area contributed by atoms with Crippen LogP contribution in [-0.2, 0) is 23.9 Å². The van der Waals surface area contributed by atoms with Crippen molar-refractivity contribution in [3.8, 4) is 0 Å². The number of benzene rings is 1. The summed E-state index contributed by atoms with van der Waals surface area (Å²) in [5, 5.41) is 8.23. The highest BCUT2D eigenvalue weighted by Crippen LogP contribution is 2.28. The molecule has 3 aromatic rings. The fraction of sp³-hybridized carbons (Fsp3) is 0.263. The van der Waals surface area contributed by atoms with Gasteiger partial charge >= 0.3 is 6.18 Å². The number of hydrogen-bond donors (Lipinski definition) is 1. The minimum absolute atomic E-state index is 0.287. The number of alkyl halides is 3. The Kier molecular flexibility index (Phi) is 5.65. The van der Waals surface area contributed by atoms with E-state index in [1.807, 2.05) is 41.8 Å². The lowest BCUT2D eigenvalue weighted by atomic mass is 10.0. The number of carbonyl (C=O) groups excluding carboxylic acids is 1. The molecule has 0 saturated carbocycles. The van der Waals surface area contributed by atoms with Gasteiger partial charge in [-0.15, -0.1) is 11.3 Å². The van der Waals surface area contributed by atoms with Crippen LogP contribution in [0.5, 0.6) is 0 Å². The molecule has 0 aliphatic rings. The summed E-state index contributed by atoms with van der Waals surface area (Å²) in [5.74, 6) is -0.412. The summed E-state index contributed by atoms with van der Waals surface area (Å²) in [6.07, 6.45) is -2.46. The van der Waals surface area contributed by atoms with Gasteiger partial charge in [0.2, 0.25) is 5.91 Å². The van der Waals surface area contributed by atoms with E-state index in [4.69, 9.17) is 0 Å². The molecule has 2 heterocycles. The number of aryl methyl sites for hydroxylation is 1. The average Bonchev–Trinajstić information content (AvgIpc) is 3.31. The van der Waals surface area contributed by atoms with Crippen LogP contribution in [-0.4, -0.2) is 15.7 Å². The Morgan fingerprint density at radius 2 is 1.96 bits per heavy atom. The zero-order valence-electron chi connectivity index (χ0n) is 14.5. The second-order valence-corrected chi connectivity index (χ2v) is 6.99. The quantitative estimate of drug-likeness (QED) is 0.673. The summed E-state index contributed by atoms with van der Waals surface area (Å²) in [6, 6.07) is 12.2. The van der Waals surface area contributed by atoms with Gasteiger partial charge in [-0.3, -0.25) is 9.48 Å². The van der Waals surface area contributed by atoms with Gasteiger partial charge in [-0.05, 0) is 35.1 Å². The van der Waals surface area contributed by atoms with Crippen LogP contribution in [0, 0.1) is 0 Å². The standard InChI is InChI=1S/C19H18F3N3OS/c1-2-13-5-7-14(8-6-13)18(15-4-3-11-27-15)23-17(26)12-25-10-9-16(24-25)19(20,21)22/h3-11,18H,2,12H2,1H3,(H,23,26). The van der Waals surface area contributed by atoms with Crippen molar-refractivity contribution in [2.75, 3.05) is 0 Å². The fourth-order valence-electron chi connectivity index (χ4n) is 2.67. The van der Waals surface area contributed by atoms with Crippen molar-refractivity contribution in [1.82, 2.24) is 15.1 Å². The van der Waals surface area contributed by atoms with Gasteiger partial charge in [-0.1, -0.05) is 37.3 Å². The minimum Gasteiger partial charge on any atom is -0.343 e. The highest BCUT2D eigenvalue weighted by atomic mass is 32.1. The second-order valence-electron chi connectivity index (χ2n) is 6.01. The van der Waals surface area contributed by atoms with Gasteiger partial charge in [-0.25, -0.2) is 0 Å². The number of halogens is 3. The summed E-state index contributed by atoms with van der Waals surface area (Å²) >= 11 is 1.51. The molecule has 0 saturated heterocycles. The molecule has 0 radical (unpaired) electrons. The second kappa shape index (κ2) is 7.96. The fourth-order valence-corrected chi connectivity index (χ4v) is 3.48. The van der Waals surface area contributed by atoms with E-state index in [9.17, 15) is 18.0 Å². The number of nitrogens with one attached hydrogen (secondary N) is 1. The molecule has 0 fully saturated rings. The zero-order chi connectivity index (χ0) is 19.4. The molecule has 142 valence electrons. The Labute approximate surface area is 158 Å². The van der Waals surface area contributed by atoms with Crippen molar-refractivity contribution in [3.63, 3.8) is 0 Å². The molecule has 27 heavy (non-hydrogen) atoms. The van der Waals surface area contributed by atoms with Crippen molar-refractivity contribution < 1.29 is 18.0 Å². The largest absolute Gasteiger partial charge is 0.435 e. The Balaban J connectivity index is 1.75. The van der Waals surface area contributed by atoms with Crippen molar-refractivity contribution >= 4 is 17.2 Å². The predicted octanol–water partition coefficient (Wildman–Crippen LogP) is 4.43. The molecular formula is C19H18F3N3OS. The first kappa shape index (κ1) is 19.2. The predicted molar refractivity (Wildman–Crippen MR) is 97.4 cm³/mol. The van der Waals surface area contributed by atoms with Gasteiger partial charge in [0, 0.05) is 11.1 Å². The summed E-state index contributed by atoms with van der Waals surface area (Å²) in [6.45, 7) is 1.78. The van der Waals surface area contributed by atoms with E-state index in [0.717, 1.165) is 33.8 Å². The lowest BCUT2D eigenvalue weighted by Gasteiger charge is -2.18. The molecule has 1 N–H and O–H groups in total. The molecule has 0 aliphatic carbocycles. The van der Waals surface area contributed by atoms with Crippen LogP contribution >= 0.6 is 11.3 Å². The van der Waals surface area contributed by atoms with Crippen molar-refractivity contribution in [3.05, 3.63) is 75.7 Å². The minimum atomic E-state index is -4.53. The maximum atomic E-state index is 12.6. The summed E-state index contributed by atoms with van der Waals surface area (Å²) in [5.41, 5.74) is 1.09. The van der Waals surface area contributed by atoms with Crippen molar-refractivity contribution in [2.45, 2.75) is 32.1 Å². The molecule has 4 nitrogen and oxygen atoms in total. The van der Waals surface area contributed by atoms with Gasteiger partial charge in [0.25, 0.3) is 0 Å². The molecule has 2 aromatic heterocycles. The zero-order valence-corrected chi connectivity index (χ0v) is 15.3. The maximum Gasteiger partial charge on any atom is 0.435 e. The van der Waals surface area contributed by atoms with E-state index in [-0.39, 0.29) is 12.6 Å². The first-order valence-corrected chi connectivity index (χ1v) is 9.27. The summed E-state index contributed by atoms with van der Waals surface area (Å²) < 4.78 is 38.9. The van der Waals surface area contributed by atoms with E-state index in [2.05, 4.69) is 17.3 Å². The van der Waals surface area contributed by atoms with Gasteiger partial charge in [0.05, 0.1) is 6.04 Å². The van der Waals surface area contributed by atoms with E-state index < -0.39 is 17.8 Å². The molecular weight excluding hydrogens is 375 g/mol. The van der Waals surface area contributed by atoms with Crippen molar-refractivity contribution in [2.24, 2.45) is 0 Å². The SMILES string of the molecule is CCc1ccc(C(NC(=O)Cn2ccc(C(F)(F)F)n2)c2cccs2)cc1. The first-order valence-electron chi connectivity index (χ1n) is 8.39. The van der Waals surface area contributed by atoms with E-state index in [0.29, 0.717) is 0 Å². The van der Waals surface area contributed by atoms with Gasteiger partial charge in [-0.2, -0.15) is 18.3 Å². The Morgan fingerprint density at radius 1 is 1.22 bits per heavy atom. The normalized spacial score (nSPS) is 12.7. The molecule has 0 bridgehead atoms. The van der Waals surface area contributed by atoms with Crippen LogP contribution < -0.4 is 5.32 Å². The third-order valence-corrected chi connectivity index (χ3v) is 5.03. The lowest BCUT2D eigenvalue weighted by molar-refractivity contribution is -0.141. The number of nitrogens with zero attached hydrogens (tertiary/aromatic N) is 2.